The third kappa shape index (κ3) is 5.19. The van der Waals surface area contributed by atoms with Gasteiger partial charge in [0.05, 0.1) is 6.61 Å². The van der Waals surface area contributed by atoms with Crippen LogP contribution in [0.3, 0.4) is 0 Å². The third-order valence-electron chi connectivity index (χ3n) is 5.90. The Hall–Kier alpha value is -2.70. The normalized spacial score (nSPS) is 23.3. The van der Waals surface area contributed by atoms with Crippen molar-refractivity contribution >= 4 is 0 Å². The van der Waals surface area contributed by atoms with E-state index in [1.165, 1.54) is 22.3 Å². The lowest BCUT2D eigenvalue weighted by Gasteiger charge is -2.34. The Balaban J connectivity index is 1.36. The van der Waals surface area contributed by atoms with Gasteiger partial charge in [0.15, 0.2) is 0 Å². The van der Waals surface area contributed by atoms with E-state index in [4.69, 9.17) is 9.47 Å². The van der Waals surface area contributed by atoms with Gasteiger partial charge in [0.2, 0.25) is 6.29 Å². The molecule has 3 aromatic rings. The third-order valence-corrected chi connectivity index (χ3v) is 5.90. The molecule has 5 heteroatoms. The lowest BCUT2D eigenvalue weighted by Crippen LogP contribution is -2.54. The molecule has 1 aliphatic rings. The maximum Gasteiger partial charge on any atom is 0.228 e. The van der Waals surface area contributed by atoms with E-state index in [0.717, 1.165) is 12.0 Å². The van der Waals surface area contributed by atoms with E-state index in [0.29, 0.717) is 11.7 Å². The van der Waals surface area contributed by atoms with Crippen LogP contribution in [0.4, 0.5) is 0 Å². The lowest BCUT2D eigenvalue weighted by molar-refractivity contribution is -0.242. The highest BCUT2D eigenvalue weighted by Crippen LogP contribution is 2.25. The average Bonchev–Trinajstić information content (AvgIpc) is 2.81. The van der Waals surface area contributed by atoms with Crippen molar-refractivity contribution in [2.45, 2.75) is 50.8 Å². The molecule has 3 N–H and O–H groups in total. The van der Waals surface area contributed by atoms with Crippen LogP contribution >= 0.6 is 0 Å². The van der Waals surface area contributed by atoms with Crippen molar-refractivity contribution in [2.24, 2.45) is 0 Å². The molecule has 4 rings (SSSR count). The first kappa shape index (κ1) is 22.5. The van der Waals surface area contributed by atoms with Crippen LogP contribution in [0.15, 0.2) is 72.8 Å². The fourth-order valence-corrected chi connectivity index (χ4v) is 3.81. The van der Waals surface area contributed by atoms with E-state index in [9.17, 15) is 15.3 Å². The van der Waals surface area contributed by atoms with Crippen LogP contribution < -0.4 is 4.74 Å². The minimum absolute atomic E-state index is 0.0845. The number of hydrogen-bond acceptors (Lipinski definition) is 5. The number of aliphatic hydroxyl groups excluding tert-OH is 3. The molecule has 168 valence electrons. The molecule has 0 bridgehead atoms. The molecular weight excluding hydrogens is 404 g/mol. The largest absolute Gasteiger partial charge is 0.462 e. The standard InChI is InChI=1S/C27H30O5/c1-17(2)20-9-11-22(12-10-20)21-7-3-18(4-8-21)15-19-5-13-23(14-6-19)32-27-26(30)25(29)24(28)16-31-27/h3-14,17,24-30H,15-16H2,1-2H3/t24-,25-,26+,27+/m0/s1. The van der Waals surface area contributed by atoms with Crippen LogP contribution in [0, 0.1) is 0 Å². The van der Waals surface area contributed by atoms with Gasteiger partial charge in [0, 0.05) is 0 Å². The Morgan fingerprint density at radius 2 is 1.31 bits per heavy atom. The molecular formula is C27H30O5. The highest BCUT2D eigenvalue weighted by molar-refractivity contribution is 5.64. The first-order valence-corrected chi connectivity index (χ1v) is 11.0. The van der Waals surface area contributed by atoms with Crippen molar-refractivity contribution < 1.29 is 24.8 Å². The van der Waals surface area contributed by atoms with Crippen LogP contribution in [0.2, 0.25) is 0 Å². The molecule has 0 unspecified atom stereocenters. The molecule has 0 aromatic heterocycles. The zero-order valence-corrected chi connectivity index (χ0v) is 18.4. The zero-order valence-electron chi connectivity index (χ0n) is 18.4. The molecule has 1 saturated heterocycles. The van der Waals surface area contributed by atoms with Gasteiger partial charge in [-0.3, -0.25) is 0 Å². The highest BCUT2D eigenvalue weighted by atomic mass is 16.7. The molecule has 5 nitrogen and oxygen atoms in total. The van der Waals surface area contributed by atoms with Gasteiger partial charge in [-0.1, -0.05) is 74.5 Å². The smallest absolute Gasteiger partial charge is 0.228 e. The second-order valence-corrected chi connectivity index (χ2v) is 8.66. The number of rotatable bonds is 6. The van der Waals surface area contributed by atoms with E-state index in [1.54, 1.807) is 0 Å². The monoisotopic (exact) mass is 434 g/mol. The minimum Gasteiger partial charge on any atom is -0.462 e. The summed E-state index contributed by atoms with van der Waals surface area (Å²) in [5, 5.41) is 29.3. The number of aliphatic hydroxyl groups is 3. The molecule has 0 aliphatic carbocycles. The molecule has 1 fully saturated rings. The Bertz CT molecular complexity index is 996. The fourth-order valence-electron chi connectivity index (χ4n) is 3.81. The number of hydrogen-bond donors (Lipinski definition) is 3. The van der Waals surface area contributed by atoms with Crippen LogP contribution in [0.5, 0.6) is 5.75 Å². The summed E-state index contributed by atoms with van der Waals surface area (Å²) < 4.78 is 10.9. The van der Waals surface area contributed by atoms with Gasteiger partial charge in [-0.25, -0.2) is 0 Å². The number of benzene rings is 3. The second-order valence-electron chi connectivity index (χ2n) is 8.66. The predicted molar refractivity (Wildman–Crippen MR) is 124 cm³/mol. The summed E-state index contributed by atoms with van der Waals surface area (Å²) in [4.78, 5) is 0. The summed E-state index contributed by atoms with van der Waals surface area (Å²) in [5.41, 5.74) is 6.10. The summed E-state index contributed by atoms with van der Waals surface area (Å²) in [5.74, 6) is 1.06. The van der Waals surface area contributed by atoms with Crippen LogP contribution in [-0.2, 0) is 11.2 Å². The van der Waals surface area contributed by atoms with Crippen molar-refractivity contribution in [2.75, 3.05) is 6.61 Å². The number of ether oxygens (including phenoxy) is 2. The quantitative estimate of drug-likeness (QED) is 0.549. The molecule has 3 aromatic carbocycles. The van der Waals surface area contributed by atoms with E-state index in [-0.39, 0.29) is 6.61 Å². The summed E-state index contributed by atoms with van der Waals surface area (Å²) in [6.07, 6.45) is -3.93. The minimum atomic E-state index is -1.31. The van der Waals surface area contributed by atoms with E-state index >= 15 is 0 Å². The Morgan fingerprint density at radius 1 is 0.781 bits per heavy atom. The summed E-state index contributed by atoms with van der Waals surface area (Å²) in [6, 6.07) is 24.9. The van der Waals surface area contributed by atoms with Crippen LogP contribution in [0.1, 0.15) is 36.5 Å². The maximum atomic E-state index is 10.0. The fraction of sp³-hybridized carbons (Fsp3) is 0.333. The topological polar surface area (TPSA) is 79.2 Å². The Morgan fingerprint density at radius 3 is 1.88 bits per heavy atom. The van der Waals surface area contributed by atoms with Crippen LogP contribution in [-0.4, -0.2) is 46.5 Å². The summed E-state index contributed by atoms with van der Waals surface area (Å²) in [6.45, 7) is 4.31. The van der Waals surface area contributed by atoms with Crippen molar-refractivity contribution in [1.82, 2.24) is 0 Å². The molecule has 4 atom stereocenters. The molecule has 1 aliphatic heterocycles. The van der Waals surface area contributed by atoms with E-state index in [1.807, 2.05) is 24.3 Å². The van der Waals surface area contributed by atoms with Crippen molar-refractivity contribution in [3.63, 3.8) is 0 Å². The molecule has 32 heavy (non-hydrogen) atoms. The van der Waals surface area contributed by atoms with E-state index < -0.39 is 24.6 Å². The zero-order chi connectivity index (χ0) is 22.7. The second kappa shape index (κ2) is 9.84. The van der Waals surface area contributed by atoms with Crippen molar-refractivity contribution in [3.8, 4) is 16.9 Å². The first-order valence-electron chi connectivity index (χ1n) is 11.0. The van der Waals surface area contributed by atoms with Crippen LogP contribution in [0.25, 0.3) is 11.1 Å². The highest BCUT2D eigenvalue weighted by Gasteiger charge is 2.38. The molecule has 0 amide bonds. The Kier molecular flexibility index (Phi) is 6.92. The average molecular weight is 435 g/mol. The maximum absolute atomic E-state index is 10.0. The first-order chi connectivity index (χ1) is 15.4. The molecule has 0 saturated carbocycles. The van der Waals surface area contributed by atoms with Crippen molar-refractivity contribution in [3.05, 3.63) is 89.5 Å². The van der Waals surface area contributed by atoms with Gasteiger partial charge < -0.3 is 24.8 Å². The Labute approximate surface area is 188 Å². The van der Waals surface area contributed by atoms with Gasteiger partial charge in [0.25, 0.3) is 0 Å². The predicted octanol–water partition coefficient (Wildman–Crippen LogP) is 3.89. The molecule has 1 heterocycles. The summed E-state index contributed by atoms with van der Waals surface area (Å²) >= 11 is 0. The van der Waals surface area contributed by atoms with Gasteiger partial charge >= 0.3 is 0 Å². The van der Waals surface area contributed by atoms with E-state index in [2.05, 4.69) is 62.4 Å². The van der Waals surface area contributed by atoms with Gasteiger partial charge in [-0.2, -0.15) is 0 Å². The van der Waals surface area contributed by atoms with Crippen molar-refractivity contribution in [1.29, 1.82) is 0 Å². The van der Waals surface area contributed by atoms with Gasteiger partial charge in [-0.05, 0) is 52.3 Å². The summed E-state index contributed by atoms with van der Waals surface area (Å²) in [7, 11) is 0. The lowest BCUT2D eigenvalue weighted by atomic mass is 9.97. The molecule has 0 radical (unpaired) electrons. The van der Waals surface area contributed by atoms with Gasteiger partial charge in [-0.15, -0.1) is 0 Å². The van der Waals surface area contributed by atoms with Gasteiger partial charge in [0.1, 0.15) is 24.1 Å². The SMILES string of the molecule is CC(C)c1ccc(-c2ccc(Cc3ccc(O[C@H]4OC[C@H](O)[C@H](O)[C@H]4O)cc3)cc2)cc1. The molecule has 0 spiro atoms.